The van der Waals surface area contributed by atoms with Crippen molar-refractivity contribution in [1.82, 2.24) is 9.55 Å². The van der Waals surface area contributed by atoms with Gasteiger partial charge in [-0.05, 0) is 25.1 Å². The van der Waals surface area contributed by atoms with Crippen LogP contribution in [0.5, 0.6) is 5.88 Å². The Morgan fingerprint density at radius 3 is 2.48 bits per heavy atom. The number of halogens is 4. The highest BCUT2D eigenvalue weighted by molar-refractivity contribution is 9.10. The Balaban J connectivity index is 2.78. The molecule has 2 aromatic rings. The molecular weight excluding hydrogens is 357 g/mol. The van der Waals surface area contributed by atoms with Crippen molar-refractivity contribution in [3.63, 3.8) is 0 Å². The van der Waals surface area contributed by atoms with Gasteiger partial charge < -0.3 is 5.11 Å². The molecule has 0 saturated carbocycles. The number of nitrogens with zero attached hydrogens (tertiary/aromatic N) is 1. The summed E-state index contributed by atoms with van der Waals surface area (Å²) in [5.74, 6) is -0.709. The molecule has 0 spiro atoms. The first-order valence-electron chi connectivity index (χ1n) is 5.55. The van der Waals surface area contributed by atoms with Crippen molar-refractivity contribution in [2.24, 2.45) is 0 Å². The highest BCUT2D eigenvalue weighted by atomic mass is 79.9. The molecule has 0 bridgehead atoms. The third-order valence-corrected chi connectivity index (χ3v) is 3.52. The predicted molar refractivity (Wildman–Crippen MR) is 71.8 cm³/mol. The number of aromatic nitrogens is 2. The highest BCUT2D eigenvalue weighted by Gasteiger charge is 2.33. The standard InChI is InChI=1S/C12H8BrF3N2O3/c1-5-9(19)17-11(21)18(10(5)20)6-2-3-8(13)7(4-6)12(14,15)16/h2-4,20H,1H3,(H,17,19,21). The minimum Gasteiger partial charge on any atom is -0.494 e. The normalized spacial score (nSPS) is 11.7. The number of nitrogens with one attached hydrogen (secondary N) is 1. The van der Waals surface area contributed by atoms with E-state index >= 15 is 0 Å². The maximum atomic E-state index is 12.9. The Labute approximate surface area is 123 Å². The Morgan fingerprint density at radius 2 is 1.90 bits per heavy atom. The smallest absolute Gasteiger partial charge is 0.417 e. The van der Waals surface area contributed by atoms with E-state index in [2.05, 4.69) is 15.9 Å². The van der Waals surface area contributed by atoms with Crippen LogP contribution in [0.25, 0.3) is 5.69 Å². The van der Waals surface area contributed by atoms with E-state index in [0.717, 1.165) is 6.07 Å². The van der Waals surface area contributed by atoms with E-state index in [0.29, 0.717) is 10.6 Å². The fourth-order valence-electron chi connectivity index (χ4n) is 1.72. The van der Waals surface area contributed by atoms with Gasteiger partial charge in [-0.3, -0.25) is 9.78 Å². The molecule has 0 unspecified atom stereocenters. The summed E-state index contributed by atoms with van der Waals surface area (Å²) in [6, 6.07) is 3.01. The number of hydrogen-bond donors (Lipinski definition) is 2. The Morgan fingerprint density at radius 1 is 1.29 bits per heavy atom. The predicted octanol–water partition coefficient (Wildman–Crippen LogP) is 2.32. The average Bonchev–Trinajstić information content (AvgIpc) is 2.36. The second-order valence-corrected chi connectivity index (χ2v) is 5.06. The van der Waals surface area contributed by atoms with E-state index in [9.17, 15) is 27.9 Å². The summed E-state index contributed by atoms with van der Waals surface area (Å²) in [6.07, 6.45) is -4.63. The van der Waals surface area contributed by atoms with Crippen LogP contribution in [-0.4, -0.2) is 14.7 Å². The number of rotatable bonds is 1. The van der Waals surface area contributed by atoms with E-state index in [1.54, 1.807) is 0 Å². The van der Waals surface area contributed by atoms with Gasteiger partial charge in [0, 0.05) is 4.47 Å². The molecule has 5 nitrogen and oxygen atoms in total. The van der Waals surface area contributed by atoms with Crippen LogP contribution < -0.4 is 11.2 Å². The van der Waals surface area contributed by atoms with Gasteiger partial charge in [-0.15, -0.1) is 0 Å². The quantitative estimate of drug-likeness (QED) is 0.815. The summed E-state index contributed by atoms with van der Waals surface area (Å²) in [4.78, 5) is 24.9. The molecule has 0 saturated heterocycles. The van der Waals surface area contributed by atoms with Crippen LogP contribution >= 0.6 is 15.9 Å². The topological polar surface area (TPSA) is 75.1 Å². The minimum atomic E-state index is -4.63. The van der Waals surface area contributed by atoms with E-state index in [1.165, 1.54) is 13.0 Å². The van der Waals surface area contributed by atoms with Gasteiger partial charge in [0.15, 0.2) is 0 Å². The summed E-state index contributed by atoms with van der Waals surface area (Å²) < 4.78 is 38.9. The Hall–Kier alpha value is -2.03. The van der Waals surface area contributed by atoms with Gasteiger partial charge in [0.2, 0.25) is 5.88 Å². The van der Waals surface area contributed by atoms with Crippen LogP contribution in [0.3, 0.4) is 0 Å². The monoisotopic (exact) mass is 364 g/mol. The minimum absolute atomic E-state index is 0.175. The summed E-state index contributed by atoms with van der Waals surface area (Å²) in [5.41, 5.74) is -3.23. The summed E-state index contributed by atoms with van der Waals surface area (Å²) >= 11 is 2.77. The number of benzene rings is 1. The van der Waals surface area contributed by atoms with Crippen LogP contribution in [0.1, 0.15) is 11.1 Å². The van der Waals surface area contributed by atoms with E-state index in [1.807, 2.05) is 4.98 Å². The molecule has 0 radical (unpaired) electrons. The maximum Gasteiger partial charge on any atom is 0.417 e. The second-order valence-electron chi connectivity index (χ2n) is 4.21. The molecule has 9 heteroatoms. The zero-order valence-electron chi connectivity index (χ0n) is 10.5. The molecule has 0 aliphatic rings. The molecule has 1 heterocycles. The van der Waals surface area contributed by atoms with Crippen molar-refractivity contribution >= 4 is 15.9 Å². The summed E-state index contributed by atoms with van der Waals surface area (Å²) in [7, 11) is 0. The first-order valence-corrected chi connectivity index (χ1v) is 6.34. The van der Waals surface area contributed by atoms with Gasteiger partial charge in [0.25, 0.3) is 5.56 Å². The van der Waals surface area contributed by atoms with E-state index in [4.69, 9.17) is 0 Å². The van der Waals surface area contributed by atoms with Gasteiger partial charge in [0.05, 0.1) is 16.8 Å². The third kappa shape index (κ3) is 2.73. The Kier molecular flexibility index (Phi) is 3.70. The van der Waals surface area contributed by atoms with Crippen molar-refractivity contribution in [2.45, 2.75) is 13.1 Å². The highest BCUT2D eigenvalue weighted by Crippen LogP contribution is 2.36. The first kappa shape index (κ1) is 15.4. The van der Waals surface area contributed by atoms with Crippen molar-refractivity contribution < 1.29 is 18.3 Å². The van der Waals surface area contributed by atoms with Crippen LogP contribution in [0, 0.1) is 6.92 Å². The van der Waals surface area contributed by atoms with Gasteiger partial charge >= 0.3 is 11.9 Å². The summed E-state index contributed by atoms with van der Waals surface area (Å²) in [6.45, 7) is 1.24. The molecule has 0 aliphatic carbocycles. The van der Waals surface area contributed by atoms with Gasteiger partial charge in [-0.25, -0.2) is 9.36 Å². The van der Waals surface area contributed by atoms with Gasteiger partial charge in [0.1, 0.15) is 0 Å². The van der Waals surface area contributed by atoms with E-state index in [-0.39, 0.29) is 15.7 Å². The number of hydrogen-bond acceptors (Lipinski definition) is 3. The first-order chi connectivity index (χ1) is 9.62. The fourth-order valence-corrected chi connectivity index (χ4v) is 2.19. The molecule has 0 amide bonds. The number of H-pyrrole nitrogens is 1. The average molecular weight is 365 g/mol. The molecule has 0 aliphatic heterocycles. The number of aromatic amines is 1. The zero-order chi connectivity index (χ0) is 15.9. The van der Waals surface area contributed by atoms with E-state index < -0.39 is 28.9 Å². The van der Waals surface area contributed by atoms with Crippen LogP contribution in [0.4, 0.5) is 13.2 Å². The number of alkyl halides is 3. The Bertz CT molecular complexity index is 824. The van der Waals surface area contributed by atoms with Crippen molar-refractivity contribution in [1.29, 1.82) is 0 Å². The maximum absolute atomic E-state index is 12.9. The van der Waals surface area contributed by atoms with Crippen molar-refractivity contribution in [2.75, 3.05) is 0 Å². The lowest BCUT2D eigenvalue weighted by atomic mass is 10.2. The van der Waals surface area contributed by atoms with Gasteiger partial charge in [-0.2, -0.15) is 13.2 Å². The largest absolute Gasteiger partial charge is 0.494 e. The van der Waals surface area contributed by atoms with Crippen molar-refractivity contribution in [3.8, 4) is 11.6 Å². The molecule has 112 valence electrons. The molecular formula is C12H8BrF3N2O3. The summed E-state index contributed by atoms with van der Waals surface area (Å²) in [5, 5.41) is 9.83. The third-order valence-electron chi connectivity index (χ3n) is 2.82. The lowest BCUT2D eigenvalue weighted by molar-refractivity contribution is -0.138. The van der Waals surface area contributed by atoms with Crippen LogP contribution in [-0.2, 0) is 6.18 Å². The lowest BCUT2D eigenvalue weighted by Crippen LogP contribution is -2.30. The van der Waals surface area contributed by atoms with Gasteiger partial charge in [-0.1, -0.05) is 15.9 Å². The SMILES string of the molecule is Cc1c(O)n(-c2ccc(Br)c(C(F)(F)F)c2)c(=O)[nH]c1=O. The van der Waals surface area contributed by atoms with Crippen LogP contribution in [0.15, 0.2) is 32.3 Å². The number of aromatic hydroxyl groups is 1. The molecule has 1 aromatic carbocycles. The molecule has 21 heavy (non-hydrogen) atoms. The molecule has 1 aromatic heterocycles. The molecule has 0 atom stereocenters. The van der Waals surface area contributed by atoms with Crippen LogP contribution in [0.2, 0.25) is 0 Å². The fraction of sp³-hybridized carbons (Fsp3) is 0.167. The molecule has 2 rings (SSSR count). The lowest BCUT2D eigenvalue weighted by Gasteiger charge is -2.13. The molecule has 0 fully saturated rings. The zero-order valence-corrected chi connectivity index (χ0v) is 12.0. The second kappa shape index (κ2) is 5.06. The van der Waals surface area contributed by atoms with Crippen molar-refractivity contribution in [3.05, 3.63) is 54.6 Å². The molecule has 2 N–H and O–H groups in total.